The van der Waals surface area contributed by atoms with Crippen LogP contribution in [-0.2, 0) is 0 Å². The van der Waals surface area contributed by atoms with Gasteiger partial charge in [0.1, 0.15) is 13.2 Å². The third-order valence-electron chi connectivity index (χ3n) is 3.47. The van der Waals surface area contributed by atoms with E-state index in [4.69, 9.17) is 9.47 Å². The van der Waals surface area contributed by atoms with Gasteiger partial charge in [-0.15, -0.1) is 11.3 Å². The number of rotatable bonds is 4. The molecule has 1 N–H and O–H groups in total. The van der Waals surface area contributed by atoms with E-state index in [0.717, 1.165) is 18.0 Å². The monoisotopic (exact) mass is 367 g/mol. The Bertz CT molecular complexity index is 622. The highest BCUT2D eigenvalue weighted by atomic mass is 79.9. The lowest BCUT2D eigenvalue weighted by Gasteiger charge is -2.22. The molecule has 0 spiro atoms. The predicted molar refractivity (Wildman–Crippen MR) is 89.7 cm³/mol. The second kappa shape index (κ2) is 6.38. The van der Waals surface area contributed by atoms with Crippen molar-refractivity contribution in [2.45, 2.75) is 19.9 Å². The summed E-state index contributed by atoms with van der Waals surface area (Å²) in [4.78, 5) is 1.30. The molecule has 1 aliphatic heterocycles. The summed E-state index contributed by atoms with van der Waals surface area (Å²) in [7, 11) is 0. The van der Waals surface area contributed by atoms with Gasteiger partial charge in [-0.2, -0.15) is 0 Å². The van der Waals surface area contributed by atoms with Crippen molar-refractivity contribution >= 4 is 27.3 Å². The minimum absolute atomic E-state index is 0.181. The lowest BCUT2D eigenvalue weighted by atomic mass is 10.0. The number of aryl methyl sites for hydroxylation is 1. The highest BCUT2D eigenvalue weighted by Crippen LogP contribution is 2.38. The molecule has 0 fully saturated rings. The Morgan fingerprint density at radius 2 is 2.00 bits per heavy atom. The number of halogens is 1. The first kappa shape index (κ1) is 14.9. The van der Waals surface area contributed by atoms with Crippen LogP contribution in [-0.4, -0.2) is 19.8 Å². The van der Waals surface area contributed by atoms with Gasteiger partial charge in [-0.3, -0.25) is 0 Å². The van der Waals surface area contributed by atoms with E-state index < -0.39 is 0 Å². The molecule has 1 unspecified atom stereocenters. The second-order valence-electron chi connectivity index (χ2n) is 5.00. The largest absolute Gasteiger partial charge is 0.486 e. The molecule has 0 aliphatic carbocycles. The molecule has 2 aromatic rings. The zero-order valence-electron chi connectivity index (χ0n) is 12.1. The van der Waals surface area contributed by atoms with E-state index in [2.05, 4.69) is 53.3 Å². The molecule has 0 bridgehead atoms. The molecular formula is C16H18BrNO2S. The van der Waals surface area contributed by atoms with Gasteiger partial charge in [-0.05, 0) is 58.7 Å². The van der Waals surface area contributed by atoms with Crippen LogP contribution < -0.4 is 14.8 Å². The molecule has 0 radical (unpaired) electrons. The molecule has 3 rings (SSSR count). The van der Waals surface area contributed by atoms with E-state index in [1.54, 1.807) is 11.3 Å². The number of hydrogen-bond acceptors (Lipinski definition) is 4. The zero-order chi connectivity index (χ0) is 14.8. The van der Waals surface area contributed by atoms with Gasteiger partial charge in [-0.25, -0.2) is 0 Å². The first-order valence-electron chi connectivity index (χ1n) is 7.07. The fraction of sp³-hybridized carbons (Fsp3) is 0.375. The smallest absolute Gasteiger partial charge is 0.161 e. The van der Waals surface area contributed by atoms with Crippen molar-refractivity contribution in [1.29, 1.82) is 0 Å². The molecule has 1 aromatic carbocycles. The molecule has 3 nitrogen and oxygen atoms in total. The van der Waals surface area contributed by atoms with E-state index in [1.165, 1.54) is 19.8 Å². The van der Waals surface area contributed by atoms with Crippen molar-refractivity contribution in [3.8, 4) is 11.5 Å². The molecule has 1 aliphatic rings. The molecule has 0 saturated carbocycles. The summed E-state index contributed by atoms with van der Waals surface area (Å²) in [5.74, 6) is 1.68. The maximum absolute atomic E-state index is 5.70. The second-order valence-corrected chi connectivity index (χ2v) is 7.40. The van der Waals surface area contributed by atoms with Gasteiger partial charge in [0.05, 0.1) is 9.83 Å². The molecule has 112 valence electrons. The lowest BCUT2D eigenvalue weighted by Crippen LogP contribution is -2.22. The highest BCUT2D eigenvalue weighted by Gasteiger charge is 2.20. The summed E-state index contributed by atoms with van der Waals surface area (Å²) in [6, 6.07) is 8.62. The van der Waals surface area contributed by atoms with E-state index in [-0.39, 0.29) is 6.04 Å². The molecule has 21 heavy (non-hydrogen) atoms. The van der Waals surface area contributed by atoms with Crippen LogP contribution in [0.2, 0.25) is 0 Å². The Morgan fingerprint density at radius 3 is 2.67 bits per heavy atom. The number of hydrogen-bond donors (Lipinski definition) is 1. The topological polar surface area (TPSA) is 30.5 Å². The average molecular weight is 368 g/mol. The Kier molecular flexibility index (Phi) is 4.52. The maximum atomic E-state index is 5.70. The molecule has 0 amide bonds. The number of benzene rings is 1. The van der Waals surface area contributed by atoms with Gasteiger partial charge < -0.3 is 14.8 Å². The van der Waals surface area contributed by atoms with Crippen molar-refractivity contribution in [1.82, 2.24) is 5.32 Å². The highest BCUT2D eigenvalue weighted by molar-refractivity contribution is 9.11. The van der Waals surface area contributed by atoms with Gasteiger partial charge in [-0.1, -0.05) is 13.0 Å². The number of nitrogens with one attached hydrogen (secondary N) is 1. The number of fused-ring (bicyclic) bond motifs is 1. The van der Waals surface area contributed by atoms with Crippen molar-refractivity contribution < 1.29 is 9.47 Å². The van der Waals surface area contributed by atoms with Crippen LogP contribution in [0, 0.1) is 6.92 Å². The Hall–Kier alpha value is -1.04. The van der Waals surface area contributed by atoms with E-state index in [1.807, 2.05) is 6.07 Å². The quantitative estimate of drug-likeness (QED) is 0.874. The van der Waals surface area contributed by atoms with Crippen LogP contribution in [0.4, 0.5) is 0 Å². The standard InChI is InChI=1S/C16H18BrNO2S/c1-3-18-15(14-8-10(2)16(17)21-14)11-4-5-12-13(9-11)20-7-6-19-12/h4-5,8-9,15,18H,3,6-7H2,1-2H3. The Morgan fingerprint density at radius 1 is 1.24 bits per heavy atom. The first-order chi connectivity index (χ1) is 10.2. The summed E-state index contributed by atoms with van der Waals surface area (Å²) >= 11 is 5.39. The summed E-state index contributed by atoms with van der Waals surface area (Å²) in [5.41, 5.74) is 2.48. The van der Waals surface area contributed by atoms with Gasteiger partial charge >= 0.3 is 0 Å². The van der Waals surface area contributed by atoms with Crippen LogP contribution in [0.15, 0.2) is 28.1 Å². The lowest BCUT2D eigenvalue weighted by molar-refractivity contribution is 0.171. The summed E-state index contributed by atoms with van der Waals surface area (Å²) in [5, 5.41) is 3.56. The fourth-order valence-corrected chi connectivity index (χ4v) is 4.13. The maximum Gasteiger partial charge on any atom is 0.161 e. The minimum Gasteiger partial charge on any atom is -0.486 e. The van der Waals surface area contributed by atoms with Crippen LogP contribution in [0.1, 0.15) is 29.0 Å². The van der Waals surface area contributed by atoms with E-state index in [9.17, 15) is 0 Å². The van der Waals surface area contributed by atoms with Crippen molar-refractivity contribution in [2.75, 3.05) is 19.8 Å². The van der Waals surface area contributed by atoms with E-state index >= 15 is 0 Å². The third-order valence-corrected chi connectivity index (χ3v) is 5.67. The summed E-state index contributed by atoms with van der Waals surface area (Å²) in [6.45, 7) is 6.40. The molecule has 1 aromatic heterocycles. The molecule has 1 atom stereocenters. The molecular weight excluding hydrogens is 350 g/mol. The Labute approximate surface area is 137 Å². The molecule has 0 saturated heterocycles. The van der Waals surface area contributed by atoms with Crippen LogP contribution in [0.25, 0.3) is 0 Å². The van der Waals surface area contributed by atoms with Crippen molar-refractivity contribution in [3.05, 3.63) is 44.1 Å². The fourth-order valence-electron chi connectivity index (χ4n) is 2.45. The predicted octanol–water partition coefficient (Wildman–Crippen LogP) is 4.29. The zero-order valence-corrected chi connectivity index (χ0v) is 14.5. The summed E-state index contributed by atoms with van der Waals surface area (Å²) < 4.78 is 12.5. The number of thiophene rings is 1. The van der Waals surface area contributed by atoms with Gasteiger partial charge in [0.15, 0.2) is 11.5 Å². The third kappa shape index (κ3) is 3.10. The van der Waals surface area contributed by atoms with Gasteiger partial charge in [0, 0.05) is 4.88 Å². The van der Waals surface area contributed by atoms with E-state index in [0.29, 0.717) is 13.2 Å². The summed E-state index contributed by atoms with van der Waals surface area (Å²) in [6.07, 6.45) is 0. The van der Waals surface area contributed by atoms with Crippen LogP contribution >= 0.6 is 27.3 Å². The molecule has 5 heteroatoms. The van der Waals surface area contributed by atoms with Crippen LogP contribution in [0.5, 0.6) is 11.5 Å². The van der Waals surface area contributed by atoms with Gasteiger partial charge in [0.25, 0.3) is 0 Å². The average Bonchev–Trinajstić information content (AvgIpc) is 2.83. The van der Waals surface area contributed by atoms with Crippen molar-refractivity contribution in [2.24, 2.45) is 0 Å². The van der Waals surface area contributed by atoms with Gasteiger partial charge in [0.2, 0.25) is 0 Å². The normalized spacial score (nSPS) is 15.0. The first-order valence-corrected chi connectivity index (χ1v) is 8.68. The minimum atomic E-state index is 0.181. The SMILES string of the molecule is CCNC(c1ccc2c(c1)OCCO2)c1cc(C)c(Br)s1. The number of ether oxygens (including phenoxy) is 2. The Balaban J connectivity index is 1.97. The van der Waals surface area contributed by atoms with Crippen molar-refractivity contribution in [3.63, 3.8) is 0 Å². The van der Waals surface area contributed by atoms with Crippen LogP contribution in [0.3, 0.4) is 0 Å². The molecule has 2 heterocycles.